The first-order valence-corrected chi connectivity index (χ1v) is 11.3. The largest absolute Gasteiger partial charge is 0.497 e. The third-order valence-corrected chi connectivity index (χ3v) is 6.30. The minimum atomic E-state index is -0.644. The van der Waals surface area contributed by atoms with Gasteiger partial charge in [0.2, 0.25) is 12.9 Å². The van der Waals surface area contributed by atoms with Crippen LogP contribution in [0.15, 0.2) is 60.7 Å². The summed E-state index contributed by atoms with van der Waals surface area (Å²) >= 11 is 0. The number of benzene rings is 3. The fraction of sp³-hybridized carbons (Fsp3) is 0.296. The number of carbonyl (C=O) groups excluding carboxylic acids is 1. The summed E-state index contributed by atoms with van der Waals surface area (Å²) in [5, 5.41) is 0. The van der Waals surface area contributed by atoms with E-state index in [4.69, 9.17) is 28.4 Å². The Morgan fingerprint density at radius 3 is 2.31 bits per heavy atom. The molecule has 0 bridgehead atoms. The van der Waals surface area contributed by atoms with Crippen molar-refractivity contribution in [2.75, 3.05) is 34.7 Å². The highest BCUT2D eigenvalue weighted by atomic mass is 16.7. The first kappa shape index (κ1) is 22.7. The molecule has 2 heterocycles. The van der Waals surface area contributed by atoms with E-state index in [-0.39, 0.29) is 18.7 Å². The molecule has 2 aliphatic heterocycles. The highest BCUT2D eigenvalue weighted by molar-refractivity contribution is 5.89. The molecule has 0 spiro atoms. The van der Waals surface area contributed by atoms with Crippen LogP contribution in [0.1, 0.15) is 17.2 Å². The maximum absolute atomic E-state index is 13.2. The van der Waals surface area contributed by atoms with E-state index in [9.17, 15) is 4.79 Å². The van der Waals surface area contributed by atoms with E-state index in [1.165, 1.54) is 0 Å². The van der Waals surface area contributed by atoms with Gasteiger partial charge in [-0.05, 0) is 66.1 Å². The van der Waals surface area contributed by atoms with Crippen molar-refractivity contribution in [3.8, 4) is 34.5 Å². The summed E-state index contributed by atoms with van der Waals surface area (Å²) in [5.74, 6) is 3.96. The molecule has 2 aliphatic rings. The summed E-state index contributed by atoms with van der Waals surface area (Å²) in [5.41, 5.74) is 1.97. The second-order valence-electron chi connectivity index (χ2n) is 8.24. The number of methoxy groups -OCH3 is 3. The van der Waals surface area contributed by atoms with Gasteiger partial charge in [0.25, 0.3) is 5.91 Å². The Balaban J connectivity index is 1.37. The van der Waals surface area contributed by atoms with Gasteiger partial charge in [-0.1, -0.05) is 12.1 Å². The smallest absolute Gasteiger partial charge is 0.266 e. The molecule has 1 saturated heterocycles. The average Bonchev–Trinajstić information content (AvgIpc) is 3.37. The van der Waals surface area contributed by atoms with Crippen molar-refractivity contribution < 1.29 is 33.2 Å². The third kappa shape index (κ3) is 4.39. The van der Waals surface area contributed by atoms with E-state index in [0.29, 0.717) is 41.7 Å². The molecule has 1 amide bonds. The number of fused-ring (bicyclic) bond motifs is 1. The lowest BCUT2D eigenvalue weighted by Gasteiger charge is -2.47. The molecule has 3 aromatic carbocycles. The van der Waals surface area contributed by atoms with Crippen LogP contribution in [0.3, 0.4) is 0 Å². The van der Waals surface area contributed by atoms with Gasteiger partial charge in [0.1, 0.15) is 17.5 Å². The van der Waals surface area contributed by atoms with Crippen LogP contribution in [-0.4, -0.2) is 51.6 Å². The summed E-state index contributed by atoms with van der Waals surface area (Å²) in [7, 11) is 4.82. The van der Waals surface area contributed by atoms with E-state index in [2.05, 4.69) is 0 Å². The SMILES string of the molecule is COc1ccc(O[C@H]2C(=O)N(CCc3ccc(OC)c(OC)c3)[C@H]2c2ccc3c(c2)OCO3)cc1. The highest BCUT2D eigenvalue weighted by Gasteiger charge is 2.50. The zero-order valence-electron chi connectivity index (χ0n) is 19.9. The maximum Gasteiger partial charge on any atom is 0.266 e. The van der Waals surface area contributed by atoms with Crippen LogP contribution in [0.4, 0.5) is 0 Å². The summed E-state index contributed by atoms with van der Waals surface area (Å²) < 4.78 is 33.1. The predicted octanol–water partition coefficient (Wildman–Crippen LogP) is 4.01. The quantitative estimate of drug-likeness (QED) is 0.431. The first-order chi connectivity index (χ1) is 17.1. The van der Waals surface area contributed by atoms with Gasteiger partial charge >= 0.3 is 0 Å². The standard InChI is InChI=1S/C27H27NO7/c1-30-19-6-8-20(9-7-19)35-26-25(18-5-11-22-24(15-18)34-16-33-22)28(27(26)29)13-12-17-4-10-21(31-2)23(14-17)32-3/h4-11,14-15,25-26H,12-13,16H2,1-3H3/t25-,26+/m0/s1. The molecule has 182 valence electrons. The number of hydrogen-bond acceptors (Lipinski definition) is 7. The summed E-state index contributed by atoms with van der Waals surface area (Å²) in [6, 6.07) is 18.5. The lowest BCUT2D eigenvalue weighted by molar-refractivity contribution is -0.164. The monoisotopic (exact) mass is 477 g/mol. The van der Waals surface area contributed by atoms with E-state index >= 15 is 0 Å². The van der Waals surface area contributed by atoms with Gasteiger partial charge in [0, 0.05) is 6.54 Å². The lowest BCUT2D eigenvalue weighted by atomic mass is 9.89. The molecule has 0 unspecified atom stereocenters. The van der Waals surface area contributed by atoms with Gasteiger partial charge in [-0.2, -0.15) is 0 Å². The average molecular weight is 478 g/mol. The molecule has 5 rings (SSSR count). The first-order valence-electron chi connectivity index (χ1n) is 11.3. The Morgan fingerprint density at radius 2 is 1.57 bits per heavy atom. The van der Waals surface area contributed by atoms with Crippen molar-refractivity contribution in [1.82, 2.24) is 4.90 Å². The lowest BCUT2D eigenvalue weighted by Crippen LogP contribution is -2.61. The van der Waals surface area contributed by atoms with Crippen molar-refractivity contribution in [2.24, 2.45) is 0 Å². The number of amides is 1. The molecule has 0 aliphatic carbocycles. The normalized spacial score (nSPS) is 18.1. The van der Waals surface area contributed by atoms with E-state index in [1.54, 1.807) is 33.5 Å². The third-order valence-electron chi connectivity index (χ3n) is 6.30. The molecule has 8 nitrogen and oxygen atoms in total. The van der Waals surface area contributed by atoms with Crippen LogP contribution in [0.5, 0.6) is 34.5 Å². The summed E-state index contributed by atoms with van der Waals surface area (Å²) in [6.45, 7) is 0.715. The molecule has 2 atom stereocenters. The number of carbonyl (C=O) groups is 1. The van der Waals surface area contributed by atoms with Crippen molar-refractivity contribution in [2.45, 2.75) is 18.6 Å². The van der Waals surface area contributed by atoms with Crippen LogP contribution in [0, 0.1) is 0 Å². The predicted molar refractivity (Wildman–Crippen MR) is 128 cm³/mol. The second kappa shape index (κ2) is 9.66. The Morgan fingerprint density at radius 1 is 0.829 bits per heavy atom. The van der Waals surface area contributed by atoms with Crippen molar-refractivity contribution in [3.05, 3.63) is 71.8 Å². The van der Waals surface area contributed by atoms with Crippen molar-refractivity contribution >= 4 is 5.91 Å². The Labute approximate surface area is 203 Å². The van der Waals surface area contributed by atoms with Gasteiger partial charge < -0.3 is 33.3 Å². The molecule has 0 saturated carbocycles. The van der Waals surface area contributed by atoms with Crippen LogP contribution in [0.2, 0.25) is 0 Å². The molecule has 1 fully saturated rings. The number of nitrogens with zero attached hydrogens (tertiary/aromatic N) is 1. The molecular formula is C27H27NO7. The number of ether oxygens (including phenoxy) is 6. The topological polar surface area (TPSA) is 75.7 Å². The Hall–Kier alpha value is -4.07. The molecule has 8 heteroatoms. The zero-order valence-corrected chi connectivity index (χ0v) is 19.9. The van der Waals surface area contributed by atoms with Gasteiger partial charge in [-0.15, -0.1) is 0 Å². The Kier molecular flexibility index (Phi) is 6.27. The van der Waals surface area contributed by atoms with Gasteiger partial charge in [0.05, 0.1) is 21.3 Å². The summed E-state index contributed by atoms with van der Waals surface area (Å²) in [6.07, 6.45) is 0.0109. The van der Waals surface area contributed by atoms with Crippen LogP contribution >= 0.6 is 0 Å². The van der Waals surface area contributed by atoms with Gasteiger partial charge in [-0.25, -0.2) is 0 Å². The number of rotatable bonds is 9. The Bertz CT molecular complexity index is 1210. The fourth-order valence-electron chi connectivity index (χ4n) is 4.42. The highest BCUT2D eigenvalue weighted by Crippen LogP contribution is 2.42. The van der Waals surface area contributed by atoms with Gasteiger partial charge in [-0.3, -0.25) is 4.79 Å². The molecule has 0 aromatic heterocycles. The fourth-order valence-corrected chi connectivity index (χ4v) is 4.42. The van der Waals surface area contributed by atoms with Crippen molar-refractivity contribution in [1.29, 1.82) is 0 Å². The zero-order chi connectivity index (χ0) is 24.4. The number of β-lactam (4-membered cyclic amide) rings is 1. The minimum Gasteiger partial charge on any atom is -0.497 e. The maximum atomic E-state index is 13.2. The van der Waals surface area contributed by atoms with E-state index < -0.39 is 6.10 Å². The van der Waals surface area contributed by atoms with E-state index in [1.807, 2.05) is 53.4 Å². The number of hydrogen-bond donors (Lipinski definition) is 0. The summed E-state index contributed by atoms with van der Waals surface area (Å²) in [4.78, 5) is 15.1. The van der Waals surface area contributed by atoms with Crippen LogP contribution in [0.25, 0.3) is 0 Å². The number of likely N-dealkylation sites (tertiary alicyclic amines) is 1. The van der Waals surface area contributed by atoms with Crippen molar-refractivity contribution in [3.63, 3.8) is 0 Å². The molecule has 35 heavy (non-hydrogen) atoms. The molecule has 0 radical (unpaired) electrons. The van der Waals surface area contributed by atoms with Crippen LogP contribution < -0.4 is 28.4 Å². The molecular weight excluding hydrogens is 450 g/mol. The van der Waals surface area contributed by atoms with E-state index in [0.717, 1.165) is 16.9 Å². The van der Waals surface area contributed by atoms with Gasteiger partial charge in [0.15, 0.2) is 23.0 Å². The van der Waals surface area contributed by atoms with Crippen LogP contribution in [-0.2, 0) is 11.2 Å². The molecule has 0 N–H and O–H groups in total. The molecule has 3 aromatic rings. The second-order valence-corrected chi connectivity index (χ2v) is 8.24. The minimum absolute atomic E-state index is 0.0658.